The van der Waals surface area contributed by atoms with E-state index in [2.05, 4.69) is 50.2 Å². The Labute approximate surface area is 97.4 Å². The molecule has 3 nitrogen and oxygen atoms in total. The summed E-state index contributed by atoms with van der Waals surface area (Å²) in [6.45, 7) is 0. The third kappa shape index (κ3) is 2.85. The second kappa shape index (κ2) is 4.35. The number of nitrogens with two attached hydrogens (primary N) is 1. The largest absolute Gasteiger partial charge is 0.369 e. The molecule has 5 heteroatoms. The smallest absolute Gasteiger partial charge is 0.223 e. The number of carbonyl (C=O) groups is 1. The highest BCUT2D eigenvalue weighted by Crippen LogP contribution is 2.13. The van der Waals surface area contributed by atoms with Gasteiger partial charge in [0.05, 0.1) is 12.1 Å². The highest BCUT2D eigenvalue weighted by atomic mass is 127. The third-order valence-electron chi connectivity index (χ3n) is 1.23. The number of hydrogen-bond acceptors (Lipinski definition) is 2. The van der Waals surface area contributed by atoms with Gasteiger partial charge in [-0.2, -0.15) is 0 Å². The van der Waals surface area contributed by atoms with Crippen LogP contribution >= 0.6 is 45.2 Å². The Hall–Kier alpha value is 0.0800. The van der Waals surface area contributed by atoms with Crippen molar-refractivity contribution < 1.29 is 4.79 Å². The Kier molecular flexibility index (Phi) is 3.69. The molecule has 0 aliphatic rings. The fourth-order valence-corrected chi connectivity index (χ4v) is 2.45. The molecule has 0 unspecified atom stereocenters. The summed E-state index contributed by atoms with van der Waals surface area (Å²) in [4.78, 5) is 14.7. The van der Waals surface area contributed by atoms with Gasteiger partial charge in [-0.15, -0.1) is 0 Å². The standard InChI is InChI=1S/C7H6I2N2O/c8-4-1-5(9)6(11-3-4)2-7(10)12/h1,3H,2H2,(H2,10,12). The fraction of sp³-hybridized carbons (Fsp3) is 0.143. The van der Waals surface area contributed by atoms with Crippen molar-refractivity contribution in [3.05, 3.63) is 25.1 Å². The van der Waals surface area contributed by atoms with Gasteiger partial charge in [-0.05, 0) is 51.2 Å². The van der Waals surface area contributed by atoms with Crippen molar-refractivity contribution >= 4 is 51.1 Å². The molecule has 0 atom stereocenters. The van der Waals surface area contributed by atoms with Gasteiger partial charge in [-0.3, -0.25) is 9.78 Å². The molecule has 12 heavy (non-hydrogen) atoms. The quantitative estimate of drug-likeness (QED) is 0.778. The number of hydrogen-bond donors (Lipinski definition) is 1. The molecule has 0 saturated heterocycles. The number of halogens is 2. The summed E-state index contributed by atoms with van der Waals surface area (Å²) < 4.78 is 2.04. The normalized spacial score (nSPS) is 9.83. The summed E-state index contributed by atoms with van der Waals surface area (Å²) in [5.74, 6) is -0.346. The zero-order valence-corrected chi connectivity index (χ0v) is 10.4. The minimum atomic E-state index is -0.346. The summed E-state index contributed by atoms with van der Waals surface area (Å²) in [7, 11) is 0. The average Bonchev–Trinajstić information content (AvgIpc) is 1.94. The van der Waals surface area contributed by atoms with E-state index >= 15 is 0 Å². The van der Waals surface area contributed by atoms with E-state index in [1.54, 1.807) is 6.20 Å². The second-order valence-corrected chi connectivity index (χ2v) is 4.63. The van der Waals surface area contributed by atoms with Crippen LogP contribution in [0.5, 0.6) is 0 Å². The molecule has 0 saturated carbocycles. The molecule has 0 aliphatic carbocycles. The molecule has 0 aromatic carbocycles. The van der Waals surface area contributed by atoms with E-state index in [1.807, 2.05) is 6.07 Å². The number of carbonyl (C=O) groups excluding carboxylic acids is 1. The Morgan fingerprint density at radius 3 is 2.75 bits per heavy atom. The molecule has 1 aromatic heterocycles. The van der Waals surface area contributed by atoms with Crippen LogP contribution in [0.2, 0.25) is 0 Å². The first-order valence-corrected chi connectivity index (χ1v) is 5.33. The number of amides is 1. The summed E-state index contributed by atoms with van der Waals surface area (Å²) in [5, 5.41) is 0. The van der Waals surface area contributed by atoms with Crippen molar-refractivity contribution in [3.8, 4) is 0 Å². The van der Waals surface area contributed by atoms with E-state index in [4.69, 9.17) is 5.73 Å². The molecule has 1 amide bonds. The van der Waals surface area contributed by atoms with Crippen molar-refractivity contribution in [2.24, 2.45) is 5.73 Å². The maximum Gasteiger partial charge on any atom is 0.223 e. The van der Waals surface area contributed by atoms with Gasteiger partial charge in [0.1, 0.15) is 0 Å². The van der Waals surface area contributed by atoms with E-state index in [0.29, 0.717) is 0 Å². The summed E-state index contributed by atoms with van der Waals surface area (Å²) in [6.07, 6.45) is 1.94. The van der Waals surface area contributed by atoms with E-state index in [-0.39, 0.29) is 12.3 Å². The van der Waals surface area contributed by atoms with Gasteiger partial charge >= 0.3 is 0 Å². The molecule has 2 N–H and O–H groups in total. The third-order valence-corrected chi connectivity index (χ3v) is 2.75. The topological polar surface area (TPSA) is 56.0 Å². The van der Waals surface area contributed by atoms with Gasteiger partial charge in [-0.25, -0.2) is 0 Å². The predicted molar refractivity (Wildman–Crippen MR) is 62.6 cm³/mol. The van der Waals surface area contributed by atoms with Gasteiger partial charge < -0.3 is 5.73 Å². The van der Waals surface area contributed by atoms with Gasteiger partial charge in [0.15, 0.2) is 0 Å². The maximum absolute atomic E-state index is 10.6. The van der Waals surface area contributed by atoms with Crippen molar-refractivity contribution in [2.75, 3.05) is 0 Å². The minimum absolute atomic E-state index is 0.217. The lowest BCUT2D eigenvalue weighted by Crippen LogP contribution is -2.15. The van der Waals surface area contributed by atoms with Crippen molar-refractivity contribution in [3.63, 3.8) is 0 Å². The highest BCUT2D eigenvalue weighted by Gasteiger charge is 2.04. The SMILES string of the molecule is NC(=O)Cc1ncc(I)cc1I. The van der Waals surface area contributed by atoms with Gasteiger partial charge in [0.2, 0.25) is 5.91 Å². The first-order valence-electron chi connectivity index (χ1n) is 3.18. The minimum Gasteiger partial charge on any atom is -0.369 e. The molecule has 0 bridgehead atoms. The van der Waals surface area contributed by atoms with E-state index in [9.17, 15) is 4.79 Å². The van der Waals surface area contributed by atoms with Crippen LogP contribution in [0.25, 0.3) is 0 Å². The Morgan fingerprint density at radius 1 is 1.58 bits per heavy atom. The van der Waals surface area contributed by atoms with Crippen LogP contribution in [-0.2, 0) is 11.2 Å². The monoisotopic (exact) mass is 388 g/mol. The lowest BCUT2D eigenvalue weighted by molar-refractivity contribution is -0.117. The molecular formula is C7H6I2N2O. The van der Waals surface area contributed by atoms with Crippen LogP contribution in [0.1, 0.15) is 5.69 Å². The molecule has 1 aromatic rings. The lowest BCUT2D eigenvalue weighted by atomic mass is 10.3. The summed E-state index contributed by atoms with van der Waals surface area (Å²) in [6, 6.07) is 1.96. The van der Waals surface area contributed by atoms with Crippen molar-refractivity contribution in [1.82, 2.24) is 4.98 Å². The average molecular weight is 388 g/mol. The first kappa shape index (κ1) is 10.2. The Bertz CT molecular complexity index is 314. The molecule has 0 aliphatic heterocycles. The molecule has 1 rings (SSSR count). The lowest BCUT2D eigenvalue weighted by Gasteiger charge is -2.00. The van der Waals surface area contributed by atoms with Gasteiger partial charge in [0.25, 0.3) is 0 Å². The van der Waals surface area contributed by atoms with Crippen molar-refractivity contribution in [1.29, 1.82) is 0 Å². The fourth-order valence-electron chi connectivity index (χ4n) is 0.738. The number of aromatic nitrogens is 1. The van der Waals surface area contributed by atoms with Crippen molar-refractivity contribution in [2.45, 2.75) is 6.42 Å². The van der Waals surface area contributed by atoms with Crippen LogP contribution in [0.3, 0.4) is 0 Å². The Morgan fingerprint density at radius 2 is 2.25 bits per heavy atom. The molecular weight excluding hydrogens is 382 g/mol. The number of primary amides is 1. The Balaban J connectivity index is 2.93. The van der Waals surface area contributed by atoms with Crippen LogP contribution in [0, 0.1) is 7.14 Å². The molecule has 0 radical (unpaired) electrons. The highest BCUT2D eigenvalue weighted by molar-refractivity contribution is 14.1. The zero-order chi connectivity index (χ0) is 9.14. The first-order chi connectivity index (χ1) is 5.59. The molecule has 0 fully saturated rings. The van der Waals surface area contributed by atoms with E-state index < -0.39 is 0 Å². The van der Waals surface area contributed by atoms with E-state index in [0.717, 1.165) is 12.8 Å². The van der Waals surface area contributed by atoms with Gasteiger partial charge in [-0.1, -0.05) is 0 Å². The van der Waals surface area contributed by atoms with Crippen LogP contribution in [0.4, 0.5) is 0 Å². The van der Waals surface area contributed by atoms with Crippen LogP contribution in [0.15, 0.2) is 12.3 Å². The zero-order valence-electron chi connectivity index (χ0n) is 6.05. The number of nitrogens with zero attached hydrogens (tertiary/aromatic N) is 1. The number of pyridine rings is 1. The summed E-state index contributed by atoms with van der Waals surface area (Å²) in [5.41, 5.74) is 5.80. The maximum atomic E-state index is 10.6. The van der Waals surface area contributed by atoms with Crippen LogP contribution < -0.4 is 5.73 Å². The molecule has 0 spiro atoms. The number of rotatable bonds is 2. The molecule has 1 heterocycles. The van der Waals surface area contributed by atoms with Crippen LogP contribution in [-0.4, -0.2) is 10.9 Å². The van der Waals surface area contributed by atoms with Gasteiger partial charge in [0, 0.05) is 13.3 Å². The van der Waals surface area contributed by atoms with E-state index in [1.165, 1.54) is 0 Å². The predicted octanol–water partition coefficient (Wildman–Crippen LogP) is 1.32. The second-order valence-electron chi connectivity index (χ2n) is 2.23. The summed E-state index contributed by atoms with van der Waals surface area (Å²) >= 11 is 4.32. The molecule has 64 valence electrons.